The molecule has 8 rings (SSSR count). The van der Waals surface area contributed by atoms with Crippen molar-refractivity contribution in [3.8, 4) is 22.3 Å². The van der Waals surface area contributed by atoms with Gasteiger partial charge in [0.2, 0.25) is 0 Å². The van der Waals surface area contributed by atoms with Gasteiger partial charge in [0.15, 0.2) is 0 Å². The summed E-state index contributed by atoms with van der Waals surface area (Å²) in [5.74, 6) is 0. The van der Waals surface area contributed by atoms with Gasteiger partial charge in [0.25, 0.3) is 0 Å². The first-order valence-electron chi connectivity index (χ1n) is 19.7. The molecule has 1 aliphatic carbocycles. The van der Waals surface area contributed by atoms with Gasteiger partial charge in [-0.3, -0.25) is 6.08 Å². The van der Waals surface area contributed by atoms with Crippen LogP contribution in [0.15, 0.2) is 158 Å². The molecule has 7 aromatic carbocycles. The fraction of sp³-hybridized carbons (Fsp3) is 0.208. The smallest absolute Gasteiger partial charge is 0.109 e. The van der Waals surface area contributed by atoms with Crippen LogP contribution in [0.25, 0.3) is 43.8 Å². The first-order valence-corrected chi connectivity index (χ1v) is 20.9. The van der Waals surface area contributed by atoms with Gasteiger partial charge in [0, 0.05) is 0 Å². The minimum absolute atomic E-state index is 0.0554. The average molecular weight is 888 g/mol. The maximum Gasteiger partial charge on any atom is -0.109 e. The zero-order valence-electron chi connectivity index (χ0n) is 34.5. The second kappa shape index (κ2) is 17.9. The van der Waals surface area contributed by atoms with Crippen LogP contribution >= 0.6 is 0 Å². The van der Waals surface area contributed by atoms with Gasteiger partial charge < -0.3 is 0 Å². The second-order valence-corrected chi connectivity index (χ2v) is 18.1. The standard InChI is InChI=1S/C33H33.C15H8F6.C5H5.Zr/c1-32(2,3)30-20-26-24(18-28(30)22-13-9-7-10-14-22)17-25-19-29(23-15-11-8-12-16-23)31(21-27(25)26)33(4,5)6;16-14(17,18)12-5-1-10(2-6-12)9-11-3-7-13(8-4-11)15(19,20)21;1-2-4-5-3-1;/h7-21H,1-6H3;1-8H;1-3H,4H2;/q-1;;-1;+2. The van der Waals surface area contributed by atoms with Crippen molar-refractivity contribution in [3.63, 3.8) is 0 Å². The van der Waals surface area contributed by atoms with E-state index in [-0.39, 0.29) is 10.8 Å². The van der Waals surface area contributed by atoms with E-state index in [0.29, 0.717) is 14.3 Å². The molecular formula is C53H46F6Zr. The molecule has 304 valence electrons. The maximum absolute atomic E-state index is 12.5. The van der Waals surface area contributed by atoms with Crippen molar-refractivity contribution in [3.05, 3.63) is 197 Å². The van der Waals surface area contributed by atoms with Gasteiger partial charge in [-0.2, -0.15) is 6.08 Å². The molecule has 7 aromatic rings. The Morgan fingerprint density at radius 2 is 0.917 bits per heavy atom. The van der Waals surface area contributed by atoms with E-state index >= 15 is 0 Å². The Hall–Kier alpha value is -5.00. The van der Waals surface area contributed by atoms with Crippen LogP contribution in [0.5, 0.6) is 0 Å². The van der Waals surface area contributed by atoms with E-state index < -0.39 is 23.5 Å². The van der Waals surface area contributed by atoms with Gasteiger partial charge in [-0.1, -0.05) is 114 Å². The SMILES string of the molecule is CC(C)(C)c1cc2c(cc1-c1ccccc1)[cH-]c1cc(-c3ccccc3)c(C(C)(C)C)cc12.FC(F)(F)c1ccc([C](=[Zr+2])c2ccc(C(F)(F)F)cc2)cc1.[C-]1=CC=CC1. The largest absolute Gasteiger partial charge is 0.273 e. The second-order valence-electron chi connectivity index (χ2n) is 16.9. The maximum atomic E-state index is 12.5. The number of benzene rings is 6. The molecule has 0 N–H and O–H groups in total. The molecule has 0 saturated carbocycles. The van der Waals surface area contributed by atoms with Crippen LogP contribution in [0.1, 0.15) is 81.3 Å². The predicted molar refractivity (Wildman–Crippen MR) is 233 cm³/mol. The topological polar surface area (TPSA) is 0 Å². The molecule has 0 heterocycles. The van der Waals surface area contributed by atoms with E-state index in [4.69, 9.17) is 0 Å². The zero-order chi connectivity index (χ0) is 43.5. The molecule has 7 heteroatoms. The van der Waals surface area contributed by atoms with Crippen LogP contribution in [0.2, 0.25) is 0 Å². The Bertz CT molecular complexity index is 2450. The molecule has 0 nitrogen and oxygen atoms in total. The number of hydrogen-bond donors (Lipinski definition) is 0. The first kappa shape index (κ1) is 44.6. The van der Waals surface area contributed by atoms with Gasteiger partial charge in [-0.05, 0) is 44.2 Å². The van der Waals surface area contributed by atoms with Crippen LogP contribution in [-0.4, -0.2) is 3.21 Å². The van der Waals surface area contributed by atoms with Crippen molar-refractivity contribution >= 4 is 24.8 Å². The number of rotatable bonds is 4. The molecule has 0 atom stereocenters. The minimum atomic E-state index is -4.41. The average Bonchev–Trinajstić information content (AvgIpc) is 3.91. The van der Waals surface area contributed by atoms with Crippen LogP contribution in [0.4, 0.5) is 26.3 Å². The van der Waals surface area contributed by atoms with Gasteiger partial charge in [0.05, 0.1) is 0 Å². The molecule has 60 heavy (non-hydrogen) atoms. The fourth-order valence-corrected chi connectivity index (χ4v) is 8.04. The third-order valence-electron chi connectivity index (χ3n) is 10.4. The molecule has 1 aliphatic rings. The van der Waals surface area contributed by atoms with Crippen LogP contribution in [0, 0.1) is 6.08 Å². The van der Waals surface area contributed by atoms with Crippen molar-refractivity contribution in [1.82, 2.24) is 0 Å². The Morgan fingerprint density at radius 1 is 0.533 bits per heavy atom. The van der Waals surface area contributed by atoms with Crippen molar-refractivity contribution in [1.29, 1.82) is 0 Å². The third-order valence-corrected chi connectivity index (χ3v) is 11.8. The van der Waals surface area contributed by atoms with E-state index in [1.165, 1.54) is 79.2 Å². The number of halogens is 6. The zero-order valence-corrected chi connectivity index (χ0v) is 36.9. The third kappa shape index (κ3) is 10.7. The number of alkyl halides is 6. The Balaban J connectivity index is 0.000000192. The summed E-state index contributed by atoms with van der Waals surface area (Å²) >= 11 is 0.898. The van der Waals surface area contributed by atoms with Gasteiger partial charge in [0.1, 0.15) is 0 Å². The normalized spacial score (nSPS) is 12.9. The Morgan fingerprint density at radius 3 is 1.20 bits per heavy atom. The van der Waals surface area contributed by atoms with Gasteiger partial charge in [-0.25, -0.2) is 12.2 Å². The number of fused-ring (bicyclic) bond motifs is 3. The fourth-order valence-electron chi connectivity index (χ4n) is 7.22. The molecule has 0 unspecified atom stereocenters. The summed E-state index contributed by atoms with van der Waals surface area (Å²) in [6.45, 7) is 13.9. The van der Waals surface area contributed by atoms with Gasteiger partial charge >= 0.3 is 137 Å². The van der Waals surface area contributed by atoms with Crippen LogP contribution in [0.3, 0.4) is 0 Å². The van der Waals surface area contributed by atoms with Crippen molar-refractivity contribution in [2.75, 3.05) is 0 Å². The molecule has 0 fully saturated rings. The molecule has 0 spiro atoms. The van der Waals surface area contributed by atoms with Crippen LogP contribution in [-0.2, 0) is 47.4 Å². The predicted octanol–water partition coefficient (Wildman–Crippen LogP) is 15.8. The van der Waals surface area contributed by atoms with E-state index in [1.54, 1.807) is 0 Å². The summed E-state index contributed by atoms with van der Waals surface area (Å²) in [7, 11) is 0. The van der Waals surface area contributed by atoms with E-state index in [2.05, 4.69) is 145 Å². The van der Waals surface area contributed by atoms with E-state index in [1.807, 2.05) is 12.2 Å². The van der Waals surface area contributed by atoms with Gasteiger partial charge in [-0.15, -0.1) is 46.2 Å². The monoisotopic (exact) mass is 886 g/mol. The quantitative estimate of drug-likeness (QED) is 0.122. The summed E-state index contributed by atoms with van der Waals surface area (Å²) in [4.78, 5) is 0. The Kier molecular flexibility index (Phi) is 13.3. The first-order chi connectivity index (χ1) is 28.2. The van der Waals surface area contributed by atoms with Crippen molar-refractivity contribution in [2.24, 2.45) is 0 Å². The minimum Gasteiger partial charge on any atom is -0.273 e. The van der Waals surface area contributed by atoms with Crippen molar-refractivity contribution in [2.45, 2.75) is 71.1 Å². The summed E-state index contributed by atoms with van der Waals surface area (Å²) in [5.41, 5.74) is 7.77. The summed E-state index contributed by atoms with van der Waals surface area (Å²) in [5, 5.41) is 5.36. The Labute approximate surface area is 364 Å². The molecule has 0 bridgehead atoms. The summed E-state index contributed by atoms with van der Waals surface area (Å²) in [6, 6.07) is 42.9. The number of allylic oxidation sites excluding steroid dienone is 4. The summed E-state index contributed by atoms with van der Waals surface area (Å²) < 4.78 is 75.6. The molecular weight excluding hydrogens is 842 g/mol. The molecule has 0 amide bonds. The molecule has 0 aromatic heterocycles. The van der Waals surface area contributed by atoms with Crippen LogP contribution < -0.4 is 0 Å². The van der Waals surface area contributed by atoms with Crippen molar-refractivity contribution < 1.29 is 50.6 Å². The molecule has 0 aliphatic heterocycles. The molecule has 0 saturated heterocycles. The van der Waals surface area contributed by atoms with E-state index in [0.717, 1.165) is 54.9 Å². The summed E-state index contributed by atoms with van der Waals surface area (Å²) in [6.07, 6.45) is 1.18. The van der Waals surface area contributed by atoms with E-state index in [9.17, 15) is 26.3 Å². The number of hydrogen-bond acceptors (Lipinski definition) is 0. The molecule has 0 radical (unpaired) electrons.